The first-order valence-electron chi connectivity index (χ1n) is 7.79. The lowest BCUT2D eigenvalue weighted by molar-refractivity contribution is 0.102. The van der Waals surface area contributed by atoms with Crippen molar-refractivity contribution in [2.75, 3.05) is 12.4 Å². The number of aromatic amines is 2. The van der Waals surface area contributed by atoms with Crippen LogP contribution in [-0.2, 0) is 0 Å². The number of methoxy groups -OCH3 is 1. The lowest BCUT2D eigenvalue weighted by Crippen LogP contribution is -2.12. The molecule has 0 fully saturated rings. The van der Waals surface area contributed by atoms with Gasteiger partial charge in [-0.05, 0) is 30.3 Å². The van der Waals surface area contributed by atoms with Crippen molar-refractivity contribution in [2.45, 2.75) is 0 Å². The molecule has 0 aliphatic carbocycles. The standard InChI is InChI=1S/C18H14ClN5O2/c1-26-10-6-7-11(12(19)8-10)18(25)22-16-9-15(23-24-16)17-20-13-4-2-3-5-14(13)21-17/h2-9H,1H3,(H,20,21)(H2,22,23,24,25). The Labute approximate surface area is 153 Å². The van der Waals surface area contributed by atoms with Crippen LogP contribution < -0.4 is 10.1 Å². The van der Waals surface area contributed by atoms with Gasteiger partial charge in [-0.1, -0.05) is 23.7 Å². The van der Waals surface area contributed by atoms with Crippen LogP contribution in [0.15, 0.2) is 48.5 Å². The smallest absolute Gasteiger partial charge is 0.258 e. The van der Waals surface area contributed by atoms with Crippen LogP contribution in [0.5, 0.6) is 5.75 Å². The van der Waals surface area contributed by atoms with Crippen molar-refractivity contribution in [1.29, 1.82) is 0 Å². The van der Waals surface area contributed by atoms with Crippen molar-refractivity contribution in [3.05, 3.63) is 59.1 Å². The first-order chi connectivity index (χ1) is 12.6. The van der Waals surface area contributed by atoms with Crippen molar-refractivity contribution in [2.24, 2.45) is 0 Å². The number of aromatic nitrogens is 4. The Morgan fingerprint density at radius 1 is 1.19 bits per heavy atom. The van der Waals surface area contributed by atoms with Crippen molar-refractivity contribution in [3.8, 4) is 17.3 Å². The minimum Gasteiger partial charge on any atom is -0.497 e. The van der Waals surface area contributed by atoms with Crippen LogP contribution in [-0.4, -0.2) is 33.2 Å². The van der Waals surface area contributed by atoms with E-state index in [9.17, 15) is 4.79 Å². The summed E-state index contributed by atoms with van der Waals surface area (Å²) in [5.74, 6) is 1.23. The van der Waals surface area contributed by atoms with E-state index in [0.29, 0.717) is 33.7 Å². The Balaban J connectivity index is 1.55. The van der Waals surface area contributed by atoms with Crippen LogP contribution in [0.1, 0.15) is 10.4 Å². The van der Waals surface area contributed by atoms with Crippen LogP contribution in [0, 0.1) is 0 Å². The SMILES string of the molecule is COc1ccc(C(=O)Nc2cc(-c3nc4ccccc4[nH]3)[nH]n2)c(Cl)c1. The molecule has 0 unspecified atom stereocenters. The topological polar surface area (TPSA) is 95.7 Å². The Morgan fingerprint density at radius 3 is 2.81 bits per heavy atom. The van der Waals surface area contributed by atoms with Crippen LogP contribution in [0.2, 0.25) is 5.02 Å². The number of ether oxygens (including phenoxy) is 1. The molecule has 0 atom stereocenters. The van der Waals surface area contributed by atoms with E-state index in [1.54, 1.807) is 24.3 Å². The van der Waals surface area contributed by atoms with Gasteiger partial charge in [-0.2, -0.15) is 5.10 Å². The Kier molecular flexibility index (Phi) is 4.06. The fourth-order valence-electron chi connectivity index (χ4n) is 2.58. The van der Waals surface area contributed by atoms with E-state index in [4.69, 9.17) is 16.3 Å². The molecule has 3 N–H and O–H groups in total. The molecule has 0 saturated carbocycles. The lowest BCUT2D eigenvalue weighted by atomic mass is 10.2. The number of fused-ring (bicyclic) bond motifs is 1. The van der Waals surface area contributed by atoms with Crippen LogP contribution in [0.4, 0.5) is 5.82 Å². The number of H-pyrrole nitrogens is 2. The van der Waals surface area contributed by atoms with Gasteiger partial charge >= 0.3 is 0 Å². The molecule has 4 rings (SSSR count). The second-order valence-electron chi connectivity index (χ2n) is 5.57. The number of nitrogens with zero attached hydrogens (tertiary/aromatic N) is 2. The molecule has 0 aliphatic rings. The number of para-hydroxylation sites is 2. The third-order valence-electron chi connectivity index (χ3n) is 3.88. The fourth-order valence-corrected chi connectivity index (χ4v) is 2.83. The summed E-state index contributed by atoms with van der Waals surface area (Å²) < 4.78 is 5.08. The fraction of sp³-hybridized carbons (Fsp3) is 0.0556. The zero-order valence-corrected chi connectivity index (χ0v) is 14.5. The number of imidazole rings is 1. The van der Waals surface area contributed by atoms with Gasteiger partial charge in [-0.15, -0.1) is 0 Å². The summed E-state index contributed by atoms with van der Waals surface area (Å²) in [6.07, 6.45) is 0. The molecular formula is C18H14ClN5O2. The zero-order chi connectivity index (χ0) is 18.1. The lowest BCUT2D eigenvalue weighted by Gasteiger charge is -2.06. The third kappa shape index (κ3) is 3.00. The van der Waals surface area contributed by atoms with Gasteiger partial charge in [0.05, 0.1) is 28.7 Å². The van der Waals surface area contributed by atoms with Gasteiger partial charge in [-0.3, -0.25) is 9.89 Å². The molecular weight excluding hydrogens is 354 g/mol. The average molecular weight is 368 g/mol. The Hall–Kier alpha value is -3.32. The van der Waals surface area contributed by atoms with E-state index in [-0.39, 0.29) is 5.91 Å². The molecule has 130 valence electrons. The van der Waals surface area contributed by atoms with Gasteiger partial charge in [0, 0.05) is 6.07 Å². The monoisotopic (exact) mass is 367 g/mol. The highest BCUT2D eigenvalue weighted by Gasteiger charge is 2.14. The van der Waals surface area contributed by atoms with E-state index in [1.807, 2.05) is 24.3 Å². The predicted octanol–water partition coefficient (Wildman–Crippen LogP) is 3.87. The molecule has 2 heterocycles. The van der Waals surface area contributed by atoms with Gasteiger partial charge in [0.25, 0.3) is 5.91 Å². The van der Waals surface area contributed by atoms with Gasteiger partial charge in [-0.25, -0.2) is 4.98 Å². The van der Waals surface area contributed by atoms with Gasteiger partial charge in [0.15, 0.2) is 11.6 Å². The number of nitrogens with one attached hydrogen (secondary N) is 3. The molecule has 1 amide bonds. The number of halogens is 1. The molecule has 7 nitrogen and oxygen atoms in total. The molecule has 0 radical (unpaired) electrons. The van der Waals surface area contributed by atoms with Crippen LogP contribution in [0.25, 0.3) is 22.6 Å². The predicted molar refractivity (Wildman–Crippen MR) is 99.6 cm³/mol. The Morgan fingerprint density at radius 2 is 2.04 bits per heavy atom. The first-order valence-corrected chi connectivity index (χ1v) is 8.17. The summed E-state index contributed by atoms with van der Waals surface area (Å²) in [6, 6.07) is 14.3. The second-order valence-corrected chi connectivity index (χ2v) is 5.98. The molecule has 26 heavy (non-hydrogen) atoms. The number of carbonyl (C=O) groups excluding carboxylic acids is 1. The van der Waals surface area contributed by atoms with Gasteiger partial charge in [0.1, 0.15) is 11.4 Å². The molecule has 2 aromatic carbocycles. The highest BCUT2D eigenvalue weighted by Crippen LogP contribution is 2.24. The van der Waals surface area contributed by atoms with E-state index >= 15 is 0 Å². The number of amides is 1. The average Bonchev–Trinajstić information content (AvgIpc) is 3.27. The Bertz CT molecular complexity index is 1070. The zero-order valence-electron chi connectivity index (χ0n) is 13.7. The van der Waals surface area contributed by atoms with Crippen LogP contribution >= 0.6 is 11.6 Å². The maximum Gasteiger partial charge on any atom is 0.258 e. The normalized spacial score (nSPS) is 10.8. The van der Waals surface area contributed by atoms with Crippen molar-refractivity contribution < 1.29 is 9.53 Å². The quantitative estimate of drug-likeness (QED) is 0.510. The summed E-state index contributed by atoms with van der Waals surface area (Å²) in [6.45, 7) is 0. The van der Waals surface area contributed by atoms with E-state index < -0.39 is 0 Å². The highest BCUT2D eigenvalue weighted by atomic mass is 35.5. The number of benzene rings is 2. The summed E-state index contributed by atoms with van der Waals surface area (Å²) in [4.78, 5) is 20.1. The molecule has 0 aliphatic heterocycles. The number of carbonyl (C=O) groups is 1. The number of anilines is 1. The molecule has 8 heteroatoms. The second kappa shape index (κ2) is 6.53. The minimum absolute atomic E-state index is 0.301. The van der Waals surface area contributed by atoms with E-state index in [2.05, 4.69) is 25.5 Å². The largest absolute Gasteiger partial charge is 0.497 e. The van der Waals surface area contributed by atoms with Gasteiger partial charge < -0.3 is 15.0 Å². The molecule has 0 bridgehead atoms. The van der Waals surface area contributed by atoms with E-state index in [1.165, 1.54) is 7.11 Å². The van der Waals surface area contributed by atoms with Crippen LogP contribution in [0.3, 0.4) is 0 Å². The maximum absolute atomic E-state index is 12.4. The van der Waals surface area contributed by atoms with E-state index in [0.717, 1.165) is 11.0 Å². The summed E-state index contributed by atoms with van der Waals surface area (Å²) in [5, 5.41) is 9.98. The minimum atomic E-state index is -0.361. The maximum atomic E-state index is 12.4. The molecule has 0 spiro atoms. The summed E-state index contributed by atoms with van der Waals surface area (Å²) in [5.41, 5.74) is 2.78. The van der Waals surface area contributed by atoms with Gasteiger partial charge in [0.2, 0.25) is 0 Å². The molecule has 0 saturated heterocycles. The number of rotatable bonds is 4. The molecule has 4 aromatic rings. The van der Waals surface area contributed by atoms with Crippen molar-refractivity contribution in [1.82, 2.24) is 20.2 Å². The summed E-state index contributed by atoms with van der Waals surface area (Å²) in [7, 11) is 1.54. The molecule has 2 aromatic heterocycles. The number of hydrogen-bond acceptors (Lipinski definition) is 4. The highest BCUT2D eigenvalue weighted by molar-refractivity contribution is 6.34. The van der Waals surface area contributed by atoms with Crippen molar-refractivity contribution >= 4 is 34.4 Å². The van der Waals surface area contributed by atoms with Crippen molar-refractivity contribution in [3.63, 3.8) is 0 Å². The third-order valence-corrected chi connectivity index (χ3v) is 4.20. The summed E-state index contributed by atoms with van der Waals surface area (Å²) >= 11 is 6.13. The number of hydrogen-bond donors (Lipinski definition) is 3. The first kappa shape index (κ1) is 16.2.